The number of nitrogens with one attached hydrogen (secondary N) is 3. The van der Waals surface area contributed by atoms with Gasteiger partial charge in [-0.2, -0.15) is 20.1 Å². The van der Waals surface area contributed by atoms with Crippen LogP contribution in [0.25, 0.3) is 0 Å². The Bertz CT molecular complexity index is 1470. The van der Waals surface area contributed by atoms with Crippen LogP contribution < -0.4 is 25.5 Å². The van der Waals surface area contributed by atoms with Crippen LogP contribution in [0.2, 0.25) is 0 Å². The molecule has 0 bridgehead atoms. The summed E-state index contributed by atoms with van der Waals surface area (Å²) in [6.07, 6.45) is 1.67. The molecule has 0 saturated heterocycles. The second-order valence-electron chi connectivity index (χ2n) is 8.57. The van der Waals surface area contributed by atoms with Gasteiger partial charge < -0.3 is 20.1 Å². The Morgan fingerprint density at radius 1 is 0.650 bits per heavy atom. The van der Waals surface area contributed by atoms with Crippen molar-refractivity contribution in [3.05, 3.63) is 120 Å². The van der Waals surface area contributed by atoms with Gasteiger partial charge in [0.1, 0.15) is 6.61 Å². The summed E-state index contributed by atoms with van der Waals surface area (Å²) in [5.41, 5.74) is 6.52. The zero-order valence-corrected chi connectivity index (χ0v) is 22.0. The molecule has 0 spiro atoms. The standard InChI is InChI=1S/C31H29N7O2/c1-2-39-28-20-24(18-19-27(28)40-22-23-12-6-3-7-13-23)21-32-38-31-36-29(33-25-14-8-4-9-15-25)35-30(37-31)34-26-16-10-5-11-17-26/h3-21H,2,22H2,1H3,(H3,33,34,35,36,37,38). The Kier molecular flexibility index (Phi) is 8.76. The van der Waals surface area contributed by atoms with E-state index in [9.17, 15) is 0 Å². The predicted octanol–water partition coefficient (Wildman–Crippen LogP) is 6.78. The van der Waals surface area contributed by atoms with Crippen molar-refractivity contribution in [2.75, 3.05) is 22.7 Å². The van der Waals surface area contributed by atoms with E-state index in [0.29, 0.717) is 36.6 Å². The fourth-order valence-corrected chi connectivity index (χ4v) is 3.73. The Hall–Kier alpha value is -5.44. The number of para-hydroxylation sites is 2. The lowest BCUT2D eigenvalue weighted by Gasteiger charge is -2.12. The predicted molar refractivity (Wildman–Crippen MR) is 159 cm³/mol. The normalized spacial score (nSPS) is 10.7. The molecule has 9 heteroatoms. The van der Waals surface area contributed by atoms with Crippen LogP contribution in [-0.4, -0.2) is 27.8 Å². The molecule has 0 aliphatic rings. The molecule has 0 aliphatic heterocycles. The SMILES string of the molecule is CCOc1cc(C=NNc2nc(Nc3ccccc3)nc(Nc3ccccc3)n2)ccc1OCc1ccccc1. The van der Waals surface area contributed by atoms with Gasteiger partial charge in [0.05, 0.1) is 12.8 Å². The summed E-state index contributed by atoms with van der Waals surface area (Å²) >= 11 is 0. The molecule has 0 unspecified atom stereocenters. The van der Waals surface area contributed by atoms with E-state index in [1.165, 1.54) is 0 Å². The summed E-state index contributed by atoms with van der Waals surface area (Å²) in [4.78, 5) is 13.5. The third-order valence-electron chi connectivity index (χ3n) is 5.58. The largest absolute Gasteiger partial charge is 0.490 e. The van der Waals surface area contributed by atoms with Gasteiger partial charge >= 0.3 is 0 Å². The number of nitrogens with zero attached hydrogens (tertiary/aromatic N) is 4. The van der Waals surface area contributed by atoms with Crippen LogP contribution in [0.3, 0.4) is 0 Å². The van der Waals surface area contributed by atoms with E-state index in [1.807, 2.05) is 116 Å². The number of hydrogen-bond donors (Lipinski definition) is 3. The lowest BCUT2D eigenvalue weighted by Crippen LogP contribution is -2.07. The van der Waals surface area contributed by atoms with Gasteiger partial charge in [-0.3, -0.25) is 0 Å². The van der Waals surface area contributed by atoms with E-state index in [1.54, 1.807) is 6.21 Å². The Morgan fingerprint density at radius 3 is 1.82 bits per heavy atom. The van der Waals surface area contributed by atoms with Gasteiger partial charge in [-0.1, -0.05) is 66.7 Å². The van der Waals surface area contributed by atoms with Gasteiger partial charge in [0.15, 0.2) is 11.5 Å². The molecule has 5 rings (SSSR count). The summed E-state index contributed by atoms with van der Waals surface area (Å²) in [7, 11) is 0. The summed E-state index contributed by atoms with van der Waals surface area (Å²) in [6.45, 7) is 2.90. The lowest BCUT2D eigenvalue weighted by atomic mass is 10.2. The molecule has 0 atom stereocenters. The third kappa shape index (κ3) is 7.55. The van der Waals surface area contributed by atoms with Crippen molar-refractivity contribution in [2.24, 2.45) is 5.10 Å². The first-order valence-electron chi connectivity index (χ1n) is 12.9. The first kappa shape index (κ1) is 26.2. The summed E-state index contributed by atoms with van der Waals surface area (Å²) in [6, 6.07) is 35.0. The summed E-state index contributed by atoms with van der Waals surface area (Å²) in [5, 5.41) is 10.8. The van der Waals surface area contributed by atoms with Crippen LogP contribution in [0, 0.1) is 0 Å². The molecular formula is C31H29N7O2. The topological polar surface area (TPSA) is 106 Å². The molecule has 5 aromatic rings. The zero-order valence-electron chi connectivity index (χ0n) is 22.0. The van der Waals surface area contributed by atoms with Crippen LogP contribution in [-0.2, 0) is 6.61 Å². The smallest absolute Gasteiger partial charge is 0.250 e. The third-order valence-corrected chi connectivity index (χ3v) is 5.58. The molecule has 200 valence electrons. The van der Waals surface area contributed by atoms with Crippen LogP contribution in [0.15, 0.2) is 114 Å². The Labute approximate surface area is 233 Å². The highest BCUT2D eigenvalue weighted by Crippen LogP contribution is 2.29. The number of rotatable bonds is 12. The maximum absolute atomic E-state index is 6.00. The molecule has 40 heavy (non-hydrogen) atoms. The second-order valence-corrected chi connectivity index (χ2v) is 8.57. The van der Waals surface area contributed by atoms with Crippen LogP contribution in [0.1, 0.15) is 18.1 Å². The minimum atomic E-state index is 0.274. The van der Waals surface area contributed by atoms with Gasteiger partial charge in [-0.15, -0.1) is 0 Å². The van der Waals surface area contributed by atoms with Crippen molar-refractivity contribution in [1.82, 2.24) is 15.0 Å². The molecule has 0 amide bonds. The van der Waals surface area contributed by atoms with Crippen molar-refractivity contribution in [3.8, 4) is 11.5 Å². The molecule has 0 radical (unpaired) electrons. The molecule has 9 nitrogen and oxygen atoms in total. The fraction of sp³-hybridized carbons (Fsp3) is 0.0968. The second kappa shape index (κ2) is 13.4. The minimum absolute atomic E-state index is 0.274. The van der Waals surface area contributed by atoms with Gasteiger partial charge in [-0.25, -0.2) is 5.43 Å². The molecule has 4 aromatic carbocycles. The van der Waals surface area contributed by atoms with E-state index >= 15 is 0 Å². The Morgan fingerprint density at radius 2 is 1.23 bits per heavy atom. The number of hydrazone groups is 1. The van der Waals surface area contributed by atoms with Gasteiger partial charge in [0.25, 0.3) is 0 Å². The Balaban J connectivity index is 1.31. The fourth-order valence-electron chi connectivity index (χ4n) is 3.73. The molecule has 0 aliphatic carbocycles. The van der Waals surface area contributed by atoms with Crippen LogP contribution >= 0.6 is 0 Å². The minimum Gasteiger partial charge on any atom is -0.490 e. The van der Waals surface area contributed by atoms with Gasteiger partial charge in [0.2, 0.25) is 17.8 Å². The highest BCUT2D eigenvalue weighted by Gasteiger charge is 2.09. The highest BCUT2D eigenvalue weighted by molar-refractivity contribution is 5.81. The number of benzene rings is 4. The zero-order chi connectivity index (χ0) is 27.4. The molecule has 0 fully saturated rings. The first-order chi connectivity index (χ1) is 19.7. The molecule has 3 N–H and O–H groups in total. The highest BCUT2D eigenvalue weighted by atomic mass is 16.5. The maximum Gasteiger partial charge on any atom is 0.250 e. The average molecular weight is 532 g/mol. The van der Waals surface area contributed by atoms with Crippen molar-refractivity contribution >= 4 is 35.4 Å². The van der Waals surface area contributed by atoms with E-state index in [-0.39, 0.29) is 5.95 Å². The van der Waals surface area contributed by atoms with E-state index in [2.05, 4.69) is 36.1 Å². The monoisotopic (exact) mass is 531 g/mol. The number of hydrogen-bond acceptors (Lipinski definition) is 9. The van der Waals surface area contributed by atoms with Crippen LogP contribution in [0.4, 0.5) is 29.2 Å². The summed E-state index contributed by atoms with van der Waals surface area (Å²) in [5.74, 6) is 2.33. The van der Waals surface area contributed by atoms with Crippen molar-refractivity contribution in [1.29, 1.82) is 0 Å². The van der Waals surface area contributed by atoms with E-state index < -0.39 is 0 Å². The van der Waals surface area contributed by atoms with Crippen LogP contribution in [0.5, 0.6) is 11.5 Å². The van der Waals surface area contributed by atoms with Crippen molar-refractivity contribution in [2.45, 2.75) is 13.5 Å². The quantitative estimate of drug-likeness (QED) is 0.119. The van der Waals surface area contributed by atoms with Gasteiger partial charge in [0, 0.05) is 11.4 Å². The molecule has 1 aromatic heterocycles. The maximum atomic E-state index is 6.00. The van der Waals surface area contributed by atoms with Crippen molar-refractivity contribution < 1.29 is 9.47 Å². The molecule has 1 heterocycles. The van der Waals surface area contributed by atoms with E-state index in [4.69, 9.17) is 9.47 Å². The van der Waals surface area contributed by atoms with Gasteiger partial charge in [-0.05, 0) is 60.5 Å². The van der Waals surface area contributed by atoms with Crippen molar-refractivity contribution in [3.63, 3.8) is 0 Å². The molecular weight excluding hydrogens is 502 g/mol. The molecule has 0 saturated carbocycles. The number of anilines is 5. The number of ether oxygens (including phenoxy) is 2. The average Bonchev–Trinajstić information content (AvgIpc) is 2.98. The first-order valence-corrected chi connectivity index (χ1v) is 12.9. The lowest BCUT2D eigenvalue weighted by molar-refractivity contribution is 0.269. The van der Waals surface area contributed by atoms with E-state index in [0.717, 1.165) is 22.5 Å². The number of aromatic nitrogens is 3. The summed E-state index contributed by atoms with van der Waals surface area (Å²) < 4.78 is 11.8.